The number of aliphatic carboxylic acids is 1. The van der Waals surface area contributed by atoms with E-state index in [1.165, 1.54) is 6.07 Å². The number of hydrogen-bond donors (Lipinski definition) is 3. The Hall–Kier alpha value is -1.55. The maximum absolute atomic E-state index is 11.0. The standard InChI is InChI=1S/C11H12O4/c12-7-2-3-8-6(5-7)1-4-9(13)10(8)11(14)15/h2-3,5,9-10,12-13H,1,4H2,(H,14,15). The number of carboxylic acids is 1. The third kappa shape index (κ3) is 1.68. The molecule has 4 heteroatoms. The normalized spacial score (nSPS) is 24.6. The van der Waals surface area contributed by atoms with Crippen molar-refractivity contribution in [3.05, 3.63) is 29.3 Å². The van der Waals surface area contributed by atoms with Crippen molar-refractivity contribution in [1.82, 2.24) is 0 Å². The lowest BCUT2D eigenvalue weighted by atomic mass is 9.81. The van der Waals surface area contributed by atoms with Crippen molar-refractivity contribution in [2.45, 2.75) is 24.9 Å². The number of carboxylic acid groups (broad SMARTS) is 1. The number of aliphatic hydroxyl groups excluding tert-OH is 1. The summed E-state index contributed by atoms with van der Waals surface area (Å²) in [4.78, 5) is 11.0. The number of phenolic OH excluding ortho intramolecular Hbond substituents is 1. The minimum absolute atomic E-state index is 0.134. The monoisotopic (exact) mass is 208 g/mol. The van der Waals surface area contributed by atoms with E-state index < -0.39 is 18.0 Å². The Labute approximate surface area is 86.8 Å². The minimum Gasteiger partial charge on any atom is -0.508 e. The van der Waals surface area contributed by atoms with Gasteiger partial charge in [0.2, 0.25) is 0 Å². The number of phenols is 1. The van der Waals surface area contributed by atoms with Gasteiger partial charge in [-0.1, -0.05) is 6.07 Å². The first-order valence-electron chi connectivity index (χ1n) is 4.82. The summed E-state index contributed by atoms with van der Waals surface area (Å²) in [7, 11) is 0. The highest BCUT2D eigenvalue weighted by Crippen LogP contribution is 2.33. The van der Waals surface area contributed by atoms with Gasteiger partial charge in [-0.15, -0.1) is 0 Å². The van der Waals surface area contributed by atoms with Crippen LogP contribution in [0.2, 0.25) is 0 Å². The molecule has 3 N–H and O–H groups in total. The molecule has 1 aromatic rings. The maximum atomic E-state index is 11.0. The Morgan fingerprint density at radius 2 is 2.13 bits per heavy atom. The molecular weight excluding hydrogens is 196 g/mol. The Balaban J connectivity index is 2.48. The molecule has 0 bridgehead atoms. The van der Waals surface area contributed by atoms with Crippen LogP contribution in [0.15, 0.2) is 18.2 Å². The Kier molecular flexibility index (Phi) is 2.36. The summed E-state index contributed by atoms with van der Waals surface area (Å²) in [6.45, 7) is 0. The fourth-order valence-electron chi connectivity index (χ4n) is 2.09. The van der Waals surface area contributed by atoms with E-state index in [4.69, 9.17) is 5.11 Å². The molecule has 1 aliphatic rings. The summed E-state index contributed by atoms with van der Waals surface area (Å²) in [6, 6.07) is 4.59. The first kappa shape index (κ1) is 9.98. The fraction of sp³-hybridized carbons (Fsp3) is 0.364. The number of aliphatic hydroxyl groups is 1. The number of hydrogen-bond acceptors (Lipinski definition) is 3. The third-order valence-electron chi connectivity index (χ3n) is 2.82. The highest BCUT2D eigenvalue weighted by Gasteiger charge is 2.33. The van der Waals surface area contributed by atoms with Crippen LogP contribution < -0.4 is 0 Å². The molecule has 2 atom stereocenters. The molecule has 0 spiro atoms. The van der Waals surface area contributed by atoms with E-state index in [0.717, 1.165) is 5.56 Å². The molecule has 15 heavy (non-hydrogen) atoms. The number of rotatable bonds is 1. The average Bonchev–Trinajstić information content (AvgIpc) is 2.17. The van der Waals surface area contributed by atoms with Crippen molar-refractivity contribution < 1.29 is 20.1 Å². The quantitative estimate of drug-likeness (QED) is 0.639. The van der Waals surface area contributed by atoms with E-state index in [9.17, 15) is 15.0 Å². The van der Waals surface area contributed by atoms with Crippen molar-refractivity contribution >= 4 is 5.97 Å². The second kappa shape index (κ2) is 3.55. The molecule has 0 heterocycles. The van der Waals surface area contributed by atoms with Gasteiger partial charge < -0.3 is 15.3 Å². The average molecular weight is 208 g/mol. The zero-order chi connectivity index (χ0) is 11.0. The van der Waals surface area contributed by atoms with Gasteiger partial charge in [-0.2, -0.15) is 0 Å². The fourth-order valence-corrected chi connectivity index (χ4v) is 2.09. The first-order valence-corrected chi connectivity index (χ1v) is 4.82. The summed E-state index contributed by atoms with van der Waals surface area (Å²) in [5.41, 5.74) is 1.42. The molecular formula is C11H12O4. The van der Waals surface area contributed by atoms with Crippen LogP contribution >= 0.6 is 0 Å². The van der Waals surface area contributed by atoms with Crippen LogP contribution in [0.3, 0.4) is 0 Å². The van der Waals surface area contributed by atoms with Crippen LogP contribution in [-0.2, 0) is 11.2 Å². The first-order chi connectivity index (χ1) is 7.09. The molecule has 80 valence electrons. The number of benzene rings is 1. The van der Waals surface area contributed by atoms with Gasteiger partial charge in [-0.05, 0) is 36.1 Å². The van der Waals surface area contributed by atoms with Gasteiger partial charge in [0.25, 0.3) is 0 Å². The van der Waals surface area contributed by atoms with E-state index >= 15 is 0 Å². The van der Waals surface area contributed by atoms with Gasteiger partial charge in [0.1, 0.15) is 11.7 Å². The SMILES string of the molecule is O=C(O)C1c2ccc(O)cc2CCC1O. The minimum atomic E-state index is -1.02. The van der Waals surface area contributed by atoms with Crippen LogP contribution in [0.1, 0.15) is 23.5 Å². The predicted octanol–water partition coefficient (Wildman–Crippen LogP) is 0.867. The molecule has 0 aliphatic heterocycles. The third-order valence-corrected chi connectivity index (χ3v) is 2.82. The van der Waals surface area contributed by atoms with Crippen molar-refractivity contribution in [1.29, 1.82) is 0 Å². The van der Waals surface area contributed by atoms with E-state index in [1.54, 1.807) is 12.1 Å². The van der Waals surface area contributed by atoms with E-state index in [0.29, 0.717) is 18.4 Å². The molecule has 1 aromatic carbocycles. The Morgan fingerprint density at radius 3 is 2.80 bits per heavy atom. The highest BCUT2D eigenvalue weighted by atomic mass is 16.4. The van der Waals surface area contributed by atoms with Crippen molar-refractivity contribution in [3.63, 3.8) is 0 Å². The molecule has 0 amide bonds. The largest absolute Gasteiger partial charge is 0.508 e. The van der Waals surface area contributed by atoms with Crippen molar-refractivity contribution in [2.75, 3.05) is 0 Å². The van der Waals surface area contributed by atoms with Crippen molar-refractivity contribution in [3.8, 4) is 5.75 Å². The zero-order valence-corrected chi connectivity index (χ0v) is 8.05. The summed E-state index contributed by atoms with van der Waals surface area (Å²) >= 11 is 0. The van der Waals surface area contributed by atoms with Gasteiger partial charge >= 0.3 is 5.97 Å². The topological polar surface area (TPSA) is 77.8 Å². The molecule has 4 nitrogen and oxygen atoms in total. The lowest BCUT2D eigenvalue weighted by molar-refractivity contribution is -0.142. The second-order valence-electron chi connectivity index (χ2n) is 3.81. The van der Waals surface area contributed by atoms with Crippen LogP contribution in [0, 0.1) is 0 Å². The van der Waals surface area contributed by atoms with E-state index in [1.807, 2.05) is 0 Å². The van der Waals surface area contributed by atoms with Crippen LogP contribution in [0.4, 0.5) is 0 Å². The molecule has 0 aromatic heterocycles. The van der Waals surface area contributed by atoms with Gasteiger partial charge in [0.05, 0.1) is 6.10 Å². The molecule has 1 aliphatic carbocycles. The van der Waals surface area contributed by atoms with Gasteiger partial charge in [-0.3, -0.25) is 4.79 Å². The van der Waals surface area contributed by atoms with Crippen LogP contribution in [-0.4, -0.2) is 27.4 Å². The summed E-state index contributed by atoms with van der Waals surface area (Å²) < 4.78 is 0. The van der Waals surface area contributed by atoms with Crippen LogP contribution in [0.25, 0.3) is 0 Å². The number of carbonyl (C=O) groups is 1. The molecule has 0 saturated carbocycles. The Bertz CT molecular complexity index is 400. The molecule has 0 fully saturated rings. The van der Waals surface area contributed by atoms with E-state index in [2.05, 4.69) is 0 Å². The predicted molar refractivity (Wildman–Crippen MR) is 52.8 cm³/mol. The molecule has 2 unspecified atom stereocenters. The zero-order valence-electron chi connectivity index (χ0n) is 8.05. The Morgan fingerprint density at radius 1 is 1.40 bits per heavy atom. The van der Waals surface area contributed by atoms with E-state index in [-0.39, 0.29) is 5.75 Å². The van der Waals surface area contributed by atoms with Gasteiger partial charge in [0.15, 0.2) is 0 Å². The van der Waals surface area contributed by atoms with Crippen LogP contribution in [0.5, 0.6) is 5.75 Å². The highest BCUT2D eigenvalue weighted by molar-refractivity contribution is 5.78. The lowest BCUT2D eigenvalue weighted by Gasteiger charge is -2.27. The van der Waals surface area contributed by atoms with Gasteiger partial charge in [-0.25, -0.2) is 0 Å². The maximum Gasteiger partial charge on any atom is 0.313 e. The summed E-state index contributed by atoms with van der Waals surface area (Å²) in [5.74, 6) is -1.75. The molecule has 0 radical (unpaired) electrons. The number of aromatic hydroxyl groups is 1. The summed E-state index contributed by atoms with van der Waals surface area (Å²) in [5, 5.41) is 27.9. The lowest BCUT2D eigenvalue weighted by Crippen LogP contribution is -2.31. The second-order valence-corrected chi connectivity index (χ2v) is 3.81. The van der Waals surface area contributed by atoms with Gasteiger partial charge in [0, 0.05) is 0 Å². The molecule has 2 rings (SSSR count). The number of aryl methyl sites for hydroxylation is 1. The number of fused-ring (bicyclic) bond motifs is 1. The molecule has 0 saturated heterocycles. The summed E-state index contributed by atoms with van der Waals surface area (Å²) in [6.07, 6.45) is 0.196. The smallest absolute Gasteiger partial charge is 0.313 e. The van der Waals surface area contributed by atoms with Crippen molar-refractivity contribution in [2.24, 2.45) is 0 Å².